The average molecular weight is 480 g/mol. The van der Waals surface area contributed by atoms with E-state index >= 15 is 0 Å². The molecule has 33 heavy (non-hydrogen) atoms. The Balaban J connectivity index is 1.35. The second-order valence-electron chi connectivity index (χ2n) is 7.39. The van der Waals surface area contributed by atoms with Crippen molar-refractivity contribution < 1.29 is 13.9 Å². The zero-order valence-corrected chi connectivity index (χ0v) is 19.7. The van der Waals surface area contributed by atoms with Crippen molar-refractivity contribution in [1.82, 2.24) is 10.3 Å². The smallest absolute Gasteiger partial charge is 0.257 e. The van der Waals surface area contributed by atoms with Gasteiger partial charge in [0.2, 0.25) is 0 Å². The second kappa shape index (κ2) is 10.0. The molecule has 0 bridgehead atoms. The minimum Gasteiger partial charge on any atom is -0.495 e. The number of nitrogens with one attached hydrogen (secondary N) is 2. The van der Waals surface area contributed by atoms with Gasteiger partial charge in [0.15, 0.2) is 16.6 Å². The van der Waals surface area contributed by atoms with Crippen LogP contribution in [0.15, 0.2) is 65.1 Å². The zero-order chi connectivity index (χ0) is 23.4. The fraction of sp³-hybridized carbons (Fsp3) is 0.160. The third-order valence-corrected chi connectivity index (χ3v) is 5.61. The minimum atomic E-state index is -0.365. The van der Waals surface area contributed by atoms with Crippen molar-refractivity contribution in [2.75, 3.05) is 12.4 Å². The van der Waals surface area contributed by atoms with E-state index in [-0.39, 0.29) is 11.0 Å². The summed E-state index contributed by atoms with van der Waals surface area (Å²) in [5.41, 5.74) is 5.08. The first-order valence-electron chi connectivity index (χ1n) is 10.4. The van der Waals surface area contributed by atoms with Gasteiger partial charge in [-0.1, -0.05) is 36.7 Å². The highest BCUT2D eigenvalue weighted by Gasteiger charge is 2.11. The first-order chi connectivity index (χ1) is 15.9. The molecule has 2 N–H and O–H groups in total. The lowest BCUT2D eigenvalue weighted by molar-refractivity contribution is 0.0977. The van der Waals surface area contributed by atoms with Crippen molar-refractivity contribution in [1.29, 1.82) is 0 Å². The highest BCUT2D eigenvalue weighted by Crippen LogP contribution is 2.25. The molecule has 6 nitrogen and oxygen atoms in total. The predicted molar refractivity (Wildman–Crippen MR) is 134 cm³/mol. The van der Waals surface area contributed by atoms with Crippen LogP contribution in [0.4, 0.5) is 5.69 Å². The molecule has 4 aromatic rings. The van der Waals surface area contributed by atoms with Gasteiger partial charge in [-0.3, -0.25) is 10.1 Å². The number of anilines is 1. The normalized spacial score (nSPS) is 10.8. The van der Waals surface area contributed by atoms with Crippen molar-refractivity contribution in [3.05, 3.63) is 88.3 Å². The molecule has 0 fully saturated rings. The van der Waals surface area contributed by atoms with Gasteiger partial charge in [0.05, 0.1) is 12.1 Å². The van der Waals surface area contributed by atoms with E-state index in [1.54, 1.807) is 12.1 Å². The number of halogens is 1. The van der Waals surface area contributed by atoms with Crippen LogP contribution < -0.4 is 15.4 Å². The average Bonchev–Trinajstić information content (AvgIpc) is 3.21. The SMILES string of the molecule is CCc1ccc2oc(Cc3ccc(NC(=S)NC(=O)c4ccc(OC)c(Cl)c4)cc3)nc2c1. The molecule has 0 saturated carbocycles. The zero-order valence-electron chi connectivity index (χ0n) is 18.1. The Morgan fingerprint density at radius 3 is 2.55 bits per heavy atom. The van der Waals surface area contributed by atoms with E-state index in [9.17, 15) is 4.79 Å². The van der Waals surface area contributed by atoms with Crippen LogP contribution in [0.25, 0.3) is 11.1 Å². The Bertz CT molecular complexity index is 1320. The van der Waals surface area contributed by atoms with Crippen molar-refractivity contribution >= 4 is 51.6 Å². The summed E-state index contributed by atoms with van der Waals surface area (Å²) in [7, 11) is 1.51. The van der Waals surface area contributed by atoms with E-state index in [1.165, 1.54) is 18.7 Å². The van der Waals surface area contributed by atoms with Gasteiger partial charge in [0.25, 0.3) is 5.91 Å². The van der Waals surface area contributed by atoms with Gasteiger partial charge in [-0.2, -0.15) is 0 Å². The minimum absolute atomic E-state index is 0.186. The number of carbonyl (C=O) groups excluding carboxylic acids is 1. The molecule has 1 amide bonds. The van der Waals surface area contributed by atoms with Gasteiger partial charge in [-0.15, -0.1) is 0 Å². The number of fused-ring (bicyclic) bond motifs is 1. The van der Waals surface area contributed by atoms with Crippen LogP contribution in [0.5, 0.6) is 5.75 Å². The molecule has 8 heteroatoms. The van der Waals surface area contributed by atoms with E-state index in [4.69, 9.17) is 33.0 Å². The number of benzene rings is 3. The fourth-order valence-corrected chi connectivity index (χ4v) is 3.81. The van der Waals surface area contributed by atoms with E-state index < -0.39 is 0 Å². The predicted octanol–water partition coefficient (Wildman–Crippen LogP) is 5.77. The number of oxazole rings is 1. The van der Waals surface area contributed by atoms with Gasteiger partial charge in [-0.25, -0.2) is 4.98 Å². The number of rotatable bonds is 6. The molecule has 0 aliphatic carbocycles. The van der Waals surface area contributed by atoms with Crippen LogP contribution >= 0.6 is 23.8 Å². The summed E-state index contributed by atoms with van der Waals surface area (Å²) in [6.07, 6.45) is 1.54. The monoisotopic (exact) mass is 479 g/mol. The largest absolute Gasteiger partial charge is 0.495 e. The number of hydrogen-bond acceptors (Lipinski definition) is 5. The lowest BCUT2D eigenvalue weighted by Crippen LogP contribution is -2.34. The van der Waals surface area contributed by atoms with E-state index in [1.807, 2.05) is 30.3 Å². The molecule has 0 unspecified atom stereocenters. The molecule has 1 aromatic heterocycles. The number of carbonyl (C=O) groups is 1. The van der Waals surface area contributed by atoms with Crippen molar-refractivity contribution in [3.63, 3.8) is 0 Å². The number of aryl methyl sites for hydroxylation is 1. The molecule has 0 atom stereocenters. The molecule has 0 radical (unpaired) electrons. The maximum Gasteiger partial charge on any atom is 0.257 e. The number of ether oxygens (including phenoxy) is 1. The fourth-order valence-electron chi connectivity index (χ4n) is 3.34. The number of aromatic nitrogens is 1. The number of thiocarbonyl (C=S) groups is 1. The standard InChI is InChI=1S/C25H22ClN3O3S/c1-3-15-6-10-22-20(12-15)28-23(32-22)13-16-4-8-18(9-5-16)27-25(33)29-24(30)17-7-11-21(31-2)19(26)14-17/h4-12,14H,3,13H2,1-2H3,(H2,27,29,30,33). The number of amides is 1. The summed E-state index contributed by atoms with van der Waals surface area (Å²) in [6, 6.07) is 18.6. The van der Waals surface area contributed by atoms with Crippen LogP contribution in [0.2, 0.25) is 5.02 Å². The number of hydrogen-bond donors (Lipinski definition) is 2. The van der Waals surface area contributed by atoms with Gasteiger partial charge < -0.3 is 14.5 Å². The molecule has 4 rings (SSSR count). The van der Waals surface area contributed by atoms with Gasteiger partial charge >= 0.3 is 0 Å². The highest BCUT2D eigenvalue weighted by atomic mass is 35.5. The summed E-state index contributed by atoms with van der Waals surface area (Å²) in [4.78, 5) is 17.0. The Labute approximate surface area is 201 Å². The van der Waals surface area contributed by atoms with Gasteiger partial charge in [-0.05, 0) is 72.2 Å². The maximum atomic E-state index is 12.4. The molecular formula is C25H22ClN3O3S. The van der Waals surface area contributed by atoms with Gasteiger partial charge in [0, 0.05) is 17.7 Å². The quantitative estimate of drug-likeness (QED) is 0.342. The van der Waals surface area contributed by atoms with E-state index in [0.717, 1.165) is 28.8 Å². The Kier molecular flexibility index (Phi) is 6.91. The molecule has 0 aliphatic heterocycles. The molecular weight excluding hydrogens is 458 g/mol. The lowest BCUT2D eigenvalue weighted by Gasteiger charge is -2.11. The van der Waals surface area contributed by atoms with Crippen LogP contribution in [0, 0.1) is 0 Å². The molecule has 1 heterocycles. The number of methoxy groups -OCH3 is 1. The van der Waals surface area contributed by atoms with Crippen molar-refractivity contribution in [3.8, 4) is 5.75 Å². The van der Waals surface area contributed by atoms with Crippen molar-refractivity contribution in [2.24, 2.45) is 0 Å². The number of nitrogens with zero attached hydrogens (tertiary/aromatic N) is 1. The summed E-state index contributed by atoms with van der Waals surface area (Å²) in [6.45, 7) is 2.11. The van der Waals surface area contributed by atoms with E-state index in [0.29, 0.717) is 28.6 Å². The Morgan fingerprint density at radius 2 is 1.85 bits per heavy atom. The maximum absolute atomic E-state index is 12.4. The van der Waals surface area contributed by atoms with Crippen LogP contribution in [-0.4, -0.2) is 23.1 Å². The highest BCUT2D eigenvalue weighted by molar-refractivity contribution is 7.80. The van der Waals surface area contributed by atoms with Crippen LogP contribution in [-0.2, 0) is 12.8 Å². The Hall–Kier alpha value is -3.42. The summed E-state index contributed by atoms with van der Waals surface area (Å²) < 4.78 is 11.0. The summed E-state index contributed by atoms with van der Waals surface area (Å²) in [5.74, 6) is 0.799. The third-order valence-electron chi connectivity index (χ3n) is 5.11. The second-order valence-corrected chi connectivity index (χ2v) is 8.21. The van der Waals surface area contributed by atoms with Crippen molar-refractivity contribution in [2.45, 2.75) is 19.8 Å². The topological polar surface area (TPSA) is 76.4 Å². The molecule has 0 aliphatic rings. The van der Waals surface area contributed by atoms with E-state index in [2.05, 4.69) is 34.7 Å². The first-order valence-corrected chi connectivity index (χ1v) is 11.2. The van der Waals surface area contributed by atoms with Crippen LogP contribution in [0.3, 0.4) is 0 Å². The van der Waals surface area contributed by atoms with Crippen LogP contribution in [0.1, 0.15) is 34.3 Å². The lowest BCUT2D eigenvalue weighted by atomic mass is 10.1. The first kappa shape index (κ1) is 22.8. The molecule has 3 aromatic carbocycles. The summed E-state index contributed by atoms with van der Waals surface area (Å²) in [5, 5.41) is 6.19. The summed E-state index contributed by atoms with van der Waals surface area (Å²) >= 11 is 11.3. The van der Waals surface area contributed by atoms with Gasteiger partial charge in [0.1, 0.15) is 11.3 Å². The Morgan fingerprint density at radius 1 is 1.09 bits per heavy atom. The molecule has 0 spiro atoms. The molecule has 0 saturated heterocycles. The molecule has 168 valence electrons. The third kappa shape index (κ3) is 5.50.